The average Bonchev–Trinajstić information content (AvgIpc) is 3.02. The van der Waals surface area contributed by atoms with Gasteiger partial charge in [0, 0.05) is 32.1 Å². The Balaban J connectivity index is 1.39. The predicted octanol–water partition coefficient (Wildman–Crippen LogP) is 2.20. The summed E-state index contributed by atoms with van der Waals surface area (Å²) in [7, 11) is 1.92. The molecular weight excluding hydrogens is 342 g/mol. The zero-order chi connectivity index (χ0) is 19.2. The number of para-hydroxylation sites is 1. The van der Waals surface area contributed by atoms with Crippen LogP contribution in [0.2, 0.25) is 0 Å². The van der Waals surface area contributed by atoms with Crippen LogP contribution >= 0.6 is 0 Å². The highest BCUT2D eigenvalue weighted by molar-refractivity contribution is 5.88. The van der Waals surface area contributed by atoms with Gasteiger partial charge in [0.15, 0.2) is 0 Å². The van der Waals surface area contributed by atoms with Crippen molar-refractivity contribution >= 4 is 17.5 Å². The van der Waals surface area contributed by atoms with Crippen molar-refractivity contribution in [1.29, 1.82) is 0 Å². The van der Waals surface area contributed by atoms with Gasteiger partial charge >= 0.3 is 0 Å². The second-order valence-corrected chi connectivity index (χ2v) is 6.90. The molecule has 3 rings (SSSR count). The van der Waals surface area contributed by atoms with Crippen LogP contribution in [0.1, 0.15) is 18.1 Å². The second-order valence-electron chi connectivity index (χ2n) is 6.90. The molecule has 1 atom stereocenters. The number of ether oxygens (including phenoxy) is 1. The molecule has 27 heavy (non-hydrogen) atoms. The van der Waals surface area contributed by atoms with Crippen molar-refractivity contribution < 1.29 is 14.3 Å². The van der Waals surface area contributed by atoms with E-state index in [0.717, 1.165) is 23.4 Å². The SMILES string of the molecule is CC(=O)Nc1ccc(CNC(=O)CN(C)CC2Cc3ccccc3O2)cc1. The van der Waals surface area contributed by atoms with E-state index in [0.29, 0.717) is 19.6 Å². The second kappa shape index (κ2) is 8.68. The topological polar surface area (TPSA) is 70.7 Å². The van der Waals surface area contributed by atoms with Gasteiger partial charge in [0.25, 0.3) is 0 Å². The molecule has 0 saturated heterocycles. The van der Waals surface area contributed by atoms with Gasteiger partial charge in [0.2, 0.25) is 11.8 Å². The number of hydrogen-bond acceptors (Lipinski definition) is 4. The molecule has 0 fully saturated rings. The van der Waals surface area contributed by atoms with E-state index in [9.17, 15) is 9.59 Å². The van der Waals surface area contributed by atoms with Crippen molar-refractivity contribution in [3.05, 3.63) is 59.7 Å². The fourth-order valence-electron chi connectivity index (χ4n) is 3.18. The highest BCUT2D eigenvalue weighted by atomic mass is 16.5. The number of nitrogens with zero attached hydrogens (tertiary/aromatic N) is 1. The van der Waals surface area contributed by atoms with Gasteiger partial charge in [-0.3, -0.25) is 14.5 Å². The van der Waals surface area contributed by atoms with Crippen molar-refractivity contribution in [3.63, 3.8) is 0 Å². The van der Waals surface area contributed by atoms with Crippen LogP contribution < -0.4 is 15.4 Å². The van der Waals surface area contributed by atoms with Gasteiger partial charge in [0.05, 0.1) is 6.54 Å². The minimum absolute atomic E-state index is 0.0288. The number of fused-ring (bicyclic) bond motifs is 1. The van der Waals surface area contributed by atoms with Crippen LogP contribution in [-0.2, 0) is 22.6 Å². The van der Waals surface area contributed by atoms with Gasteiger partial charge in [-0.25, -0.2) is 0 Å². The van der Waals surface area contributed by atoms with E-state index < -0.39 is 0 Å². The lowest BCUT2D eigenvalue weighted by atomic mass is 10.1. The molecule has 0 aliphatic carbocycles. The number of amides is 2. The lowest BCUT2D eigenvalue weighted by molar-refractivity contribution is -0.122. The molecule has 0 saturated carbocycles. The summed E-state index contributed by atoms with van der Waals surface area (Å²) in [6, 6.07) is 15.5. The third-order valence-electron chi connectivity index (χ3n) is 4.41. The Morgan fingerprint density at radius 3 is 2.59 bits per heavy atom. The van der Waals surface area contributed by atoms with Crippen molar-refractivity contribution in [1.82, 2.24) is 10.2 Å². The van der Waals surface area contributed by atoms with Crippen molar-refractivity contribution in [2.75, 3.05) is 25.5 Å². The smallest absolute Gasteiger partial charge is 0.234 e. The average molecular weight is 367 g/mol. The summed E-state index contributed by atoms with van der Waals surface area (Å²) in [5, 5.41) is 5.64. The van der Waals surface area contributed by atoms with Gasteiger partial charge in [-0.15, -0.1) is 0 Å². The summed E-state index contributed by atoms with van der Waals surface area (Å²) in [6.07, 6.45) is 0.962. The van der Waals surface area contributed by atoms with Crippen LogP contribution in [0.25, 0.3) is 0 Å². The largest absolute Gasteiger partial charge is 0.488 e. The van der Waals surface area contributed by atoms with Crippen molar-refractivity contribution in [3.8, 4) is 5.75 Å². The Morgan fingerprint density at radius 2 is 1.89 bits per heavy atom. The van der Waals surface area contributed by atoms with E-state index in [4.69, 9.17) is 4.74 Å². The van der Waals surface area contributed by atoms with Crippen LogP contribution in [0.3, 0.4) is 0 Å². The number of rotatable bonds is 7. The van der Waals surface area contributed by atoms with Crippen LogP contribution in [0.4, 0.5) is 5.69 Å². The van der Waals surface area contributed by atoms with Gasteiger partial charge in [-0.05, 0) is 36.4 Å². The molecule has 6 nitrogen and oxygen atoms in total. The van der Waals surface area contributed by atoms with E-state index >= 15 is 0 Å². The highest BCUT2D eigenvalue weighted by Crippen LogP contribution is 2.28. The van der Waals surface area contributed by atoms with E-state index in [1.807, 2.05) is 54.4 Å². The molecule has 0 radical (unpaired) electrons. The quantitative estimate of drug-likeness (QED) is 0.787. The van der Waals surface area contributed by atoms with Gasteiger partial charge < -0.3 is 15.4 Å². The molecule has 2 N–H and O–H groups in total. The van der Waals surface area contributed by atoms with Crippen LogP contribution in [0.5, 0.6) is 5.75 Å². The van der Waals surface area contributed by atoms with Crippen LogP contribution in [-0.4, -0.2) is 43.0 Å². The minimum atomic E-state index is -0.103. The lowest BCUT2D eigenvalue weighted by Crippen LogP contribution is -2.39. The molecule has 1 aliphatic rings. The Bertz CT molecular complexity index is 780. The van der Waals surface area contributed by atoms with Gasteiger partial charge in [-0.2, -0.15) is 0 Å². The normalized spacial score (nSPS) is 15.1. The fourth-order valence-corrected chi connectivity index (χ4v) is 3.18. The van der Waals surface area contributed by atoms with Gasteiger partial charge in [0.1, 0.15) is 11.9 Å². The summed E-state index contributed by atoms with van der Waals surface area (Å²) < 4.78 is 5.92. The van der Waals surface area contributed by atoms with Crippen LogP contribution in [0, 0.1) is 0 Å². The van der Waals surface area contributed by atoms with Crippen molar-refractivity contribution in [2.45, 2.75) is 26.0 Å². The van der Waals surface area contributed by atoms with E-state index in [2.05, 4.69) is 16.7 Å². The summed E-state index contributed by atoms with van der Waals surface area (Å²) in [5.74, 6) is 0.815. The number of anilines is 1. The van der Waals surface area contributed by atoms with Crippen molar-refractivity contribution in [2.24, 2.45) is 0 Å². The molecule has 0 spiro atoms. The predicted molar refractivity (Wildman–Crippen MR) is 105 cm³/mol. The third-order valence-corrected chi connectivity index (χ3v) is 4.41. The standard InChI is InChI=1S/C21H25N3O3/c1-15(25)23-18-9-7-16(8-10-18)12-22-21(26)14-24(2)13-19-11-17-5-3-4-6-20(17)27-19/h3-10,19H,11-14H2,1-2H3,(H,22,26)(H,23,25). The first-order valence-corrected chi connectivity index (χ1v) is 9.06. The maximum atomic E-state index is 12.2. The third kappa shape index (κ3) is 5.56. The first-order chi connectivity index (χ1) is 13.0. The molecular formula is C21H25N3O3. The number of likely N-dealkylation sites (N-methyl/N-ethyl adjacent to an activating group) is 1. The first kappa shape index (κ1) is 18.9. The Labute approximate surface area is 159 Å². The van der Waals surface area contributed by atoms with E-state index in [1.54, 1.807) is 0 Å². The Morgan fingerprint density at radius 1 is 1.15 bits per heavy atom. The molecule has 1 aliphatic heterocycles. The maximum absolute atomic E-state index is 12.2. The molecule has 0 aromatic heterocycles. The molecule has 1 heterocycles. The van der Waals surface area contributed by atoms with E-state index in [1.165, 1.54) is 12.5 Å². The first-order valence-electron chi connectivity index (χ1n) is 9.06. The molecule has 2 aromatic carbocycles. The number of carbonyl (C=O) groups excluding carboxylic acids is 2. The molecule has 6 heteroatoms. The minimum Gasteiger partial charge on any atom is -0.488 e. The molecule has 1 unspecified atom stereocenters. The molecule has 142 valence electrons. The molecule has 2 aromatic rings. The Kier molecular flexibility index (Phi) is 6.08. The molecule has 0 bridgehead atoms. The van der Waals surface area contributed by atoms with Crippen LogP contribution in [0.15, 0.2) is 48.5 Å². The summed E-state index contributed by atoms with van der Waals surface area (Å²) in [4.78, 5) is 25.2. The highest BCUT2D eigenvalue weighted by Gasteiger charge is 2.23. The number of benzene rings is 2. The Hall–Kier alpha value is -2.86. The number of carbonyl (C=O) groups is 2. The number of hydrogen-bond donors (Lipinski definition) is 2. The summed E-state index contributed by atoms with van der Waals surface area (Å²) >= 11 is 0. The zero-order valence-corrected chi connectivity index (χ0v) is 15.7. The zero-order valence-electron chi connectivity index (χ0n) is 15.7. The maximum Gasteiger partial charge on any atom is 0.234 e. The lowest BCUT2D eigenvalue weighted by Gasteiger charge is -2.20. The monoisotopic (exact) mass is 367 g/mol. The summed E-state index contributed by atoms with van der Waals surface area (Å²) in [5.41, 5.74) is 2.95. The van der Waals surface area contributed by atoms with E-state index in [-0.39, 0.29) is 17.9 Å². The summed E-state index contributed by atoms with van der Waals surface area (Å²) in [6.45, 7) is 2.95. The molecule has 2 amide bonds. The number of nitrogens with one attached hydrogen (secondary N) is 2. The van der Waals surface area contributed by atoms with Gasteiger partial charge in [-0.1, -0.05) is 30.3 Å². The fraction of sp³-hybridized carbons (Fsp3) is 0.333.